The molecule has 0 aliphatic carbocycles. The number of carbonyl (C=O) groups excluding carboxylic acids is 1. The Morgan fingerprint density at radius 1 is 1.17 bits per heavy atom. The molecule has 0 spiro atoms. The van der Waals surface area contributed by atoms with Gasteiger partial charge in [-0.1, -0.05) is 12.1 Å². The van der Waals surface area contributed by atoms with Crippen LogP contribution in [0.15, 0.2) is 29.2 Å². The summed E-state index contributed by atoms with van der Waals surface area (Å²) in [5.41, 5.74) is -0.412. The van der Waals surface area contributed by atoms with Gasteiger partial charge in [0.2, 0.25) is 10.0 Å². The molecule has 1 N–H and O–H groups in total. The van der Waals surface area contributed by atoms with Gasteiger partial charge in [0.15, 0.2) is 11.4 Å². The van der Waals surface area contributed by atoms with E-state index in [4.69, 9.17) is 0 Å². The van der Waals surface area contributed by atoms with Gasteiger partial charge in [0.25, 0.3) is 11.6 Å². The van der Waals surface area contributed by atoms with E-state index in [2.05, 4.69) is 13.8 Å². The maximum atomic E-state index is 12.9. The van der Waals surface area contributed by atoms with Crippen LogP contribution in [0.2, 0.25) is 0 Å². The molecule has 2 saturated heterocycles. The maximum Gasteiger partial charge on any atom is 0.289 e. The van der Waals surface area contributed by atoms with Crippen LogP contribution in [0.1, 0.15) is 33.1 Å². The van der Waals surface area contributed by atoms with Crippen molar-refractivity contribution in [2.75, 3.05) is 32.7 Å². The number of nitrogens with one attached hydrogen (secondary N) is 1. The van der Waals surface area contributed by atoms with E-state index in [-0.39, 0.29) is 36.0 Å². The van der Waals surface area contributed by atoms with E-state index in [0.29, 0.717) is 19.6 Å². The topological polar surface area (TPSA) is 105 Å². The Balaban J connectivity index is 1.63. The molecule has 2 fully saturated rings. The van der Waals surface area contributed by atoms with E-state index in [1.54, 1.807) is 0 Å². The Morgan fingerprint density at radius 3 is 2.34 bits per heavy atom. The summed E-state index contributed by atoms with van der Waals surface area (Å²) in [6.07, 6.45) is 3.18. The summed E-state index contributed by atoms with van der Waals surface area (Å²) in [7, 11) is -3.94. The third-order valence-corrected chi connectivity index (χ3v) is 7.94. The molecular formula is C19H29N4O5S+. The molecular weight excluding hydrogens is 396 g/mol. The van der Waals surface area contributed by atoms with Crippen molar-refractivity contribution in [2.45, 2.75) is 50.1 Å². The number of sulfonamides is 1. The lowest BCUT2D eigenvalue weighted by atomic mass is 9.97. The molecule has 1 amide bonds. The Morgan fingerprint density at radius 2 is 1.76 bits per heavy atom. The first-order chi connectivity index (χ1) is 13.7. The number of nitro groups is 1. The summed E-state index contributed by atoms with van der Waals surface area (Å²) < 4.78 is 27.1. The van der Waals surface area contributed by atoms with Gasteiger partial charge in [-0.2, -0.15) is 4.31 Å². The maximum absolute atomic E-state index is 12.9. The molecule has 1 aromatic rings. The number of quaternary nitrogens is 1. The number of piperidine rings is 1. The van der Waals surface area contributed by atoms with Crippen molar-refractivity contribution in [1.82, 2.24) is 9.21 Å². The average Bonchev–Trinajstić information content (AvgIpc) is 2.68. The number of rotatable bonds is 5. The van der Waals surface area contributed by atoms with Crippen molar-refractivity contribution < 1.29 is 23.0 Å². The molecule has 2 heterocycles. The van der Waals surface area contributed by atoms with Crippen LogP contribution < -0.4 is 4.90 Å². The molecule has 2 atom stereocenters. The van der Waals surface area contributed by atoms with Crippen LogP contribution in [0.4, 0.5) is 5.69 Å². The molecule has 3 rings (SSSR count). The molecule has 2 aliphatic rings. The average molecular weight is 426 g/mol. The van der Waals surface area contributed by atoms with Crippen LogP contribution in [-0.2, 0) is 14.8 Å². The van der Waals surface area contributed by atoms with Gasteiger partial charge in [-0.25, -0.2) is 8.42 Å². The minimum atomic E-state index is -3.94. The van der Waals surface area contributed by atoms with Gasteiger partial charge in [0.05, 0.1) is 31.1 Å². The fourth-order valence-corrected chi connectivity index (χ4v) is 6.00. The summed E-state index contributed by atoms with van der Waals surface area (Å²) in [4.78, 5) is 26.1. The zero-order valence-electron chi connectivity index (χ0n) is 16.9. The Kier molecular flexibility index (Phi) is 6.55. The zero-order chi connectivity index (χ0) is 21.2. The SMILES string of the molecule is C[C@@H]1CCC[C@H](C)N1C(=O)C[NH+]1CCN(S(=O)(=O)c2ccccc2[N+](=O)[O-])CC1. The lowest BCUT2D eigenvalue weighted by Gasteiger charge is -2.40. The van der Waals surface area contributed by atoms with E-state index in [0.717, 1.165) is 24.2 Å². The van der Waals surface area contributed by atoms with Crippen LogP contribution in [-0.4, -0.2) is 73.3 Å². The van der Waals surface area contributed by atoms with Gasteiger partial charge in [0, 0.05) is 18.2 Å². The van der Waals surface area contributed by atoms with Gasteiger partial charge in [-0.15, -0.1) is 0 Å². The number of para-hydroxylation sites is 1. The van der Waals surface area contributed by atoms with Gasteiger partial charge >= 0.3 is 0 Å². The standard InChI is InChI=1S/C19H28N4O5S/c1-15-6-5-7-16(2)22(15)19(24)14-20-10-12-21(13-11-20)29(27,28)18-9-4-3-8-17(18)23(25)26/h3-4,8-9,15-16H,5-7,10-14H2,1-2H3/p+1/t15-,16+. The van der Waals surface area contributed by atoms with E-state index in [1.165, 1.54) is 28.6 Å². The fraction of sp³-hybridized carbons (Fsp3) is 0.632. The molecule has 1 aromatic carbocycles. The van der Waals surface area contributed by atoms with Crippen molar-refractivity contribution in [3.8, 4) is 0 Å². The number of carbonyl (C=O) groups is 1. The van der Waals surface area contributed by atoms with Crippen LogP contribution in [0.25, 0.3) is 0 Å². The highest BCUT2D eigenvalue weighted by Crippen LogP contribution is 2.26. The van der Waals surface area contributed by atoms with Gasteiger partial charge in [-0.3, -0.25) is 14.9 Å². The van der Waals surface area contributed by atoms with Crippen molar-refractivity contribution in [1.29, 1.82) is 0 Å². The summed E-state index contributed by atoms with van der Waals surface area (Å²) in [6.45, 7) is 6.00. The van der Waals surface area contributed by atoms with Crippen LogP contribution >= 0.6 is 0 Å². The predicted octanol–water partition coefficient (Wildman–Crippen LogP) is 0.274. The normalized spacial score (nSPS) is 24.4. The summed E-state index contributed by atoms with van der Waals surface area (Å²) in [6, 6.07) is 5.90. The number of amides is 1. The molecule has 0 bridgehead atoms. The second-order valence-corrected chi connectivity index (χ2v) is 9.89. The molecule has 0 radical (unpaired) electrons. The van der Waals surface area contributed by atoms with Gasteiger partial charge < -0.3 is 9.80 Å². The number of nitrogens with zero attached hydrogens (tertiary/aromatic N) is 3. The number of piperazine rings is 1. The predicted molar refractivity (Wildman–Crippen MR) is 107 cm³/mol. The van der Waals surface area contributed by atoms with E-state index < -0.39 is 20.6 Å². The molecule has 0 unspecified atom stereocenters. The minimum absolute atomic E-state index is 0.120. The van der Waals surface area contributed by atoms with Crippen molar-refractivity contribution in [2.24, 2.45) is 0 Å². The Bertz CT molecular complexity index is 857. The monoisotopic (exact) mass is 425 g/mol. The molecule has 29 heavy (non-hydrogen) atoms. The van der Waals surface area contributed by atoms with E-state index >= 15 is 0 Å². The molecule has 9 nitrogen and oxygen atoms in total. The summed E-state index contributed by atoms with van der Waals surface area (Å²) in [5.74, 6) is 0.120. The molecule has 2 aliphatic heterocycles. The van der Waals surface area contributed by atoms with Crippen molar-refractivity contribution in [3.05, 3.63) is 34.4 Å². The highest BCUT2D eigenvalue weighted by molar-refractivity contribution is 7.89. The number of nitro benzene ring substituents is 1. The first-order valence-corrected chi connectivity index (χ1v) is 11.5. The Hall–Kier alpha value is -2.04. The van der Waals surface area contributed by atoms with Gasteiger partial charge in [0.1, 0.15) is 0 Å². The number of benzene rings is 1. The molecule has 10 heteroatoms. The van der Waals surface area contributed by atoms with Crippen molar-refractivity contribution >= 4 is 21.6 Å². The third-order valence-electron chi connectivity index (χ3n) is 5.99. The smallest absolute Gasteiger partial charge is 0.289 e. The third kappa shape index (κ3) is 4.59. The first-order valence-electron chi connectivity index (χ1n) is 10.1. The summed E-state index contributed by atoms with van der Waals surface area (Å²) in [5, 5.41) is 11.2. The Labute approximate surface area is 171 Å². The van der Waals surface area contributed by atoms with Crippen LogP contribution in [0.5, 0.6) is 0 Å². The first kappa shape index (κ1) is 21.7. The van der Waals surface area contributed by atoms with Crippen LogP contribution in [0, 0.1) is 10.1 Å². The highest BCUT2D eigenvalue weighted by atomic mass is 32.2. The van der Waals surface area contributed by atoms with Gasteiger partial charge in [-0.05, 0) is 39.2 Å². The second-order valence-electron chi connectivity index (χ2n) is 7.99. The number of likely N-dealkylation sites (tertiary alicyclic amines) is 1. The second kappa shape index (κ2) is 8.76. The fourth-order valence-electron chi connectivity index (χ4n) is 4.40. The number of hydrogen-bond acceptors (Lipinski definition) is 5. The lowest BCUT2D eigenvalue weighted by molar-refractivity contribution is -0.896. The van der Waals surface area contributed by atoms with Crippen molar-refractivity contribution in [3.63, 3.8) is 0 Å². The zero-order valence-corrected chi connectivity index (χ0v) is 17.7. The summed E-state index contributed by atoms with van der Waals surface area (Å²) >= 11 is 0. The minimum Gasteiger partial charge on any atom is -0.332 e. The molecule has 0 saturated carbocycles. The number of hydrogen-bond donors (Lipinski definition) is 1. The largest absolute Gasteiger partial charge is 0.332 e. The quantitative estimate of drug-likeness (QED) is 0.539. The van der Waals surface area contributed by atoms with Crippen LogP contribution in [0.3, 0.4) is 0 Å². The van der Waals surface area contributed by atoms with E-state index in [9.17, 15) is 23.3 Å². The highest BCUT2D eigenvalue weighted by Gasteiger charge is 2.36. The lowest BCUT2D eigenvalue weighted by Crippen LogP contribution is -3.15. The molecule has 0 aromatic heterocycles. The molecule has 160 valence electrons. The van der Waals surface area contributed by atoms with E-state index in [1.807, 2.05) is 4.90 Å².